The van der Waals surface area contributed by atoms with Crippen LogP contribution in [0.3, 0.4) is 0 Å². The van der Waals surface area contributed by atoms with Gasteiger partial charge in [-0.3, -0.25) is 4.79 Å². The number of aliphatic hydroxyl groups is 1. The minimum atomic E-state index is -0.818. The zero-order valence-electron chi connectivity index (χ0n) is 15.9. The molecule has 146 valence electrons. The zero-order chi connectivity index (χ0) is 19.0. The summed E-state index contributed by atoms with van der Waals surface area (Å²) in [7, 11) is 1.31. The second-order valence-electron chi connectivity index (χ2n) is 7.76. The predicted octanol–water partition coefficient (Wildman–Crippen LogP) is 1.96. The van der Waals surface area contributed by atoms with E-state index >= 15 is 0 Å². The molecule has 0 bridgehead atoms. The van der Waals surface area contributed by atoms with Crippen molar-refractivity contribution in [3.8, 4) is 0 Å². The first-order valence-electron chi connectivity index (χ1n) is 9.15. The van der Waals surface area contributed by atoms with E-state index in [0.29, 0.717) is 13.0 Å². The highest BCUT2D eigenvalue weighted by Gasteiger charge is 2.46. The molecule has 3 unspecified atom stereocenters. The molecule has 1 saturated carbocycles. The number of carbonyl (C=O) groups excluding carboxylic acids is 2. The maximum Gasteiger partial charge on any atom is 0.407 e. The molecule has 4 N–H and O–H groups in total. The van der Waals surface area contributed by atoms with Crippen molar-refractivity contribution in [3.63, 3.8) is 0 Å². The third-order valence-electron chi connectivity index (χ3n) is 4.57. The van der Waals surface area contributed by atoms with Gasteiger partial charge < -0.3 is 25.6 Å². The molecule has 1 aliphatic rings. The molecule has 1 rings (SSSR count). The number of carbonyl (C=O) groups is 2. The van der Waals surface area contributed by atoms with E-state index in [4.69, 9.17) is 15.2 Å². The smallest absolute Gasteiger partial charge is 0.407 e. The lowest BCUT2D eigenvalue weighted by Gasteiger charge is -2.25. The van der Waals surface area contributed by atoms with Crippen LogP contribution in [-0.4, -0.2) is 48.6 Å². The number of esters is 1. The van der Waals surface area contributed by atoms with Gasteiger partial charge in [-0.25, -0.2) is 4.79 Å². The quantitative estimate of drug-likeness (QED) is 0.452. The second kappa shape index (κ2) is 9.97. The van der Waals surface area contributed by atoms with Crippen molar-refractivity contribution >= 4 is 12.1 Å². The van der Waals surface area contributed by atoms with Gasteiger partial charge in [-0.05, 0) is 46.6 Å². The largest absolute Gasteiger partial charge is 0.469 e. The molecule has 4 atom stereocenters. The number of nitrogens with one attached hydrogen (secondary N) is 1. The summed E-state index contributed by atoms with van der Waals surface area (Å²) in [5, 5.41) is 13.4. The number of amides is 1. The molecule has 7 heteroatoms. The number of alkyl carbamates (subject to hydrolysis) is 1. The van der Waals surface area contributed by atoms with Crippen LogP contribution >= 0.6 is 0 Å². The molecule has 0 heterocycles. The van der Waals surface area contributed by atoms with E-state index in [2.05, 4.69) is 5.32 Å². The van der Waals surface area contributed by atoms with Crippen LogP contribution in [0.4, 0.5) is 4.79 Å². The number of nitrogens with two attached hydrogens (primary N) is 1. The van der Waals surface area contributed by atoms with Crippen LogP contribution < -0.4 is 11.1 Å². The highest BCUT2D eigenvalue weighted by Crippen LogP contribution is 2.36. The lowest BCUT2D eigenvalue weighted by Crippen LogP contribution is -2.42. The maximum absolute atomic E-state index is 12.1. The van der Waals surface area contributed by atoms with Crippen LogP contribution in [-0.2, 0) is 14.3 Å². The Kier molecular flexibility index (Phi) is 8.65. The van der Waals surface area contributed by atoms with Crippen LogP contribution in [0.1, 0.15) is 59.3 Å². The topological polar surface area (TPSA) is 111 Å². The van der Waals surface area contributed by atoms with Crippen LogP contribution in [0.15, 0.2) is 0 Å². The van der Waals surface area contributed by atoms with Gasteiger partial charge in [0.25, 0.3) is 0 Å². The summed E-state index contributed by atoms with van der Waals surface area (Å²) in [6.45, 7) is 6.06. The summed E-state index contributed by atoms with van der Waals surface area (Å²) in [6, 6.07) is -0.302. The summed E-state index contributed by atoms with van der Waals surface area (Å²) in [6.07, 6.45) is 3.72. The monoisotopic (exact) mass is 358 g/mol. The molecular weight excluding hydrogens is 324 g/mol. The third-order valence-corrected chi connectivity index (χ3v) is 4.57. The van der Waals surface area contributed by atoms with Crippen molar-refractivity contribution in [1.82, 2.24) is 5.32 Å². The number of rotatable bonds is 8. The first kappa shape index (κ1) is 21.7. The number of unbranched alkanes of at least 4 members (excludes halogenated alkanes) is 3. The highest BCUT2D eigenvalue weighted by atomic mass is 16.6. The Morgan fingerprint density at radius 3 is 2.40 bits per heavy atom. The van der Waals surface area contributed by atoms with Gasteiger partial charge in [-0.2, -0.15) is 0 Å². The van der Waals surface area contributed by atoms with Crippen molar-refractivity contribution < 1.29 is 24.2 Å². The molecule has 0 radical (unpaired) electrons. The summed E-state index contributed by atoms with van der Waals surface area (Å²) >= 11 is 0. The van der Waals surface area contributed by atoms with E-state index in [-0.39, 0.29) is 12.0 Å². The van der Waals surface area contributed by atoms with Gasteiger partial charge in [-0.15, -0.1) is 0 Å². The molecule has 0 aromatic carbocycles. The third kappa shape index (κ3) is 7.20. The van der Waals surface area contributed by atoms with E-state index in [1.54, 1.807) is 20.8 Å². The van der Waals surface area contributed by atoms with E-state index < -0.39 is 29.7 Å². The molecule has 0 saturated heterocycles. The molecule has 0 spiro atoms. The van der Waals surface area contributed by atoms with Gasteiger partial charge in [0.05, 0.1) is 19.1 Å². The second-order valence-corrected chi connectivity index (χ2v) is 7.76. The summed E-state index contributed by atoms with van der Waals surface area (Å²) in [4.78, 5) is 24.0. The van der Waals surface area contributed by atoms with E-state index in [1.165, 1.54) is 7.11 Å². The fourth-order valence-corrected chi connectivity index (χ4v) is 3.39. The fourth-order valence-electron chi connectivity index (χ4n) is 3.39. The Balaban J connectivity index is 2.68. The molecular formula is C18H34N2O5. The van der Waals surface area contributed by atoms with Gasteiger partial charge in [0.2, 0.25) is 0 Å². The average Bonchev–Trinajstić information content (AvgIpc) is 2.81. The van der Waals surface area contributed by atoms with Crippen LogP contribution in [0.2, 0.25) is 0 Å². The molecule has 0 aliphatic heterocycles. The Labute approximate surface area is 150 Å². The van der Waals surface area contributed by atoms with Gasteiger partial charge in [0.15, 0.2) is 0 Å². The summed E-state index contributed by atoms with van der Waals surface area (Å²) < 4.78 is 10.1. The van der Waals surface area contributed by atoms with Crippen molar-refractivity contribution in [1.29, 1.82) is 0 Å². The minimum absolute atomic E-state index is 0.186. The standard InChI is InChI=1S/C18H34N2O5/c1-18(2,3)25-17(23)20-14-11-13(16(22)24-4)15(21)12(14)9-7-5-6-8-10-19/h12-15,21H,5-11,19H2,1-4H3,(H,20,23)/t12?,13-,14?,15?/m0/s1. The van der Waals surface area contributed by atoms with Crippen LogP contribution in [0.5, 0.6) is 0 Å². The van der Waals surface area contributed by atoms with E-state index in [1.807, 2.05) is 0 Å². The molecule has 1 aliphatic carbocycles. The first-order valence-corrected chi connectivity index (χ1v) is 9.15. The molecule has 0 aromatic rings. The van der Waals surface area contributed by atoms with Crippen molar-refractivity contribution in [2.45, 2.75) is 77.0 Å². The van der Waals surface area contributed by atoms with E-state index in [9.17, 15) is 14.7 Å². The Morgan fingerprint density at radius 1 is 1.20 bits per heavy atom. The highest BCUT2D eigenvalue weighted by molar-refractivity contribution is 5.74. The molecule has 0 aromatic heterocycles. The Bertz CT molecular complexity index is 436. The lowest BCUT2D eigenvalue weighted by molar-refractivity contribution is -0.148. The number of hydrogen-bond donors (Lipinski definition) is 3. The SMILES string of the molecule is COC(=O)[C@H]1CC(NC(=O)OC(C)(C)C)C(CCCCCCN)C1O. The van der Waals surface area contributed by atoms with E-state index in [0.717, 1.165) is 32.1 Å². The number of aliphatic hydroxyl groups excluding tert-OH is 1. The number of ether oxygens (including phenoxy) is 2. The lowest BCUT2D eigenvalue weighted by atomic mass is 9.93. The van der Waals surface area contributed by atoms with Crippen LogP contribution in [0.25, 0.3) is 0 Å². The first-order chi connectivity index (χ1) is 11.7. The summed E-state index contributed by atoms with van der Waals surface area (Å²) in [5.41, 5.74) is 4.90. The predicted molar refractivity (Wildman–Crippen MR) is 94.9 cm³/mol. The van der Waals surface area contributed by atoms with Gasteiger partial charge in [0, 0.05) is 12.0 Å². The molecule has 7 nitrogen and oxygen atoms in total. The zero-order valence-corrected chi connectivity index (χ0v) is 15.9. The minimum Gasteiger partial charge on any atom is -0.469 e. The number of hydrogen-bond acceptors (Lipinski definition) is 6. The van der Waals surface area contributed by atoms with Crippen molar-refractivity contribution in [3.05, 3.63) is 0 Å². The fraction of sp³-hybridized carbons (Fsp3) is 0.889. The van der Waals surface area contributed by atoms with Crippen LogP contribution in [0, 0.1) is 11.8 Å². The number of methoxy groups -OCH3 is 1. The Hall–Kier alpha value is -1.34. The molecule has 25 heavy (non-hydrogen) atoms. The average molecular weight is 358 g/mol. The molecule has 1 fully saturated rings. The Morgan fingerprint density at radius 2 is 1.84 bits per heavy atom. The van der Waals surface area contributed by atoms with Crippen molar-refractivity contribution in [2.24, 2.45) is 17.6 Å². The maximum atomic E-state index is 12.1. The van der Waals surface area contributed by atoms with Crippen molar-refractivity contribution in [2.75, 3.05) is 13.7 Å². The molecule has 1 amide bonds. The summed E-state index contributed by atoms with van der Waals surface area (Å²) in [5.74, 6) is -1.23. The van der Waals surface area contributed by atoms with Gasteiger partial charge in [0.1, 0.15) is 5.60 Å². The normalized spacial score (nSPS) is 26.3. The van der Waals surface area contributed by atoms with Gasteiger partial charge in [-0.1, -0.05) is 19.3 Å². The van der Waals surface area contributed by atoms with Gasteiger partial charge >= 0.3 is 12.1 Å².